The Morgan fingerprint density at radius 1 is 1.50 bits per heavy atom. The third kappa shape index (κ3) is 4.25. The molecule has 0 bridgehead atoms. The van der Waals surface area contributed by atoms with Crippen LogP contribution in [0.2, 0.25) is 0 Å². The van der Waals surface area contributed by atoms with E-state index >= 15 is 0 Å². The van der Waals surface area contributed by atoms with Crippen LogP contribution in [0.25, 0.3) is 0 Å². The van der Waals surface area contributed by atoms with E-state index in [1.165, 1.54) is 0 Å². The quantitative estimate of drug-likeness (QED) is 0.824. The van der Waals surface area contributed by atoms with Gasteiger partial charge in [-0.15, -0.1) is 0 Å². The number of carbonyl (C=O) groups is 1. The monoisotopic (exact) mass is 255 g/mol. The van der Waals surface area contributed by atoms with Crippen LogP contribution in [0.15, 0.2) is 0 Å². The lowest BCUT2D eigenvalue weighted by Crippen LogP contribution is -2.52. The summed E-state index contributed by atoms with van der Waals surface area (Å²) in [5.74, 6) is 0.706. The van der Waals surface area contributed by atoms with E-state index in [4.69, 9.17) is 5.73 Å². The zero-order valence-corrected chi connectivity index (χ0v) is 12.6. The first-order chi connectivity index (χ1) is 8.24. The van der Waals surface area contributed by atoms with Crippen molar-refractivity contribution in [1.82, 2.24) is 9.80 Å². The summed E-state index contributed by atoms with van der Waals surface area (Å²) in [6.07, 6.45) is 1.49. The van der Waals surface area contributed by atoms with E-state index in [1.807, 2.05) is 25.8 Å². The molecule has 1 aliphatic heterocycles. The summed E-state index contributed by atoms with van der Waals surface area (Å²) >= 11 is 0. The van der Waals surface area contributed by atoms with Gasteiger partial charge in [0.1, 0.15) is 0 Å². The third-order valence-corrected chi connectivity index (χ3v) is 3.89. The van der Waals surface area contributed by atoms with Gasteiger partial charge in [-0.25, -0.2) is 0 Å². The van der Waals surface area contributed by atoms with Crippen molar-refractivity contribution in [3.8, 4) is 0 Å². The summed E-state index contributed by atoms with van der Waals surface area (Å²) in [6, 6.07) is 0.364. The van der Waals surface area contributed by atoms with Crippen LogP contribution in [0.1, 0.15) is 40.5 Å². The van der Waals surface area contributed by atoms with E-state index in [0.29, 0.717) is 18.4 Å². The van der Waals surface area contributed by atoms with Crippen LogP contribution < -0.4 is 5.73 Å². The van der Waals surface area contributed by atoms with Crippen molar-refractivity contribution < 1.29 is 4.79 Å². The number of rotatable bonds is 4. The molecule has 18 heavy (non-hydrogen) atoms. The standard InChI is InChI=1S/C14H29N3O/c1-6-17-8-7-12(11(2)10-17)16(5)13(18)9-14(3,4)15/h11-12H,6-10,15H2,1-5H3. The molecule has 0 aromatic carbocycles. The fourth-order valence-electron chi connectivity index (χ4n) is 2.78. The van der Waals surface area contributed by atoms with Crippen LogP contribution in [0.3, 0.4) is 0 Å². The summed E-state index contributed by atoms with van der Waals surface area (Å²) in [5.41, 5.74) is 5.51. The van der Waals surface area contributed by atoms with Gasteiger partial charge in [-0.1, -0.05) is 13.8 Å². The molecule has 4 nitrogen and oxygen atoms in total. The number of hydrogen-bond acceptors (Lipinski definition) is 3. The molecule has 4 heteroatoms. The Labute approximate surface area is 111 Å². The number of amides is 1. The number of carbonyl (C=O) groups excluding carboxylic acids is 1. The Bertz CT molecular complexity index is 285. The first kappa shape index (κ1) is 15.4. The minimum absolute atomic E-state index is 0.171. The number of hydrogen-bond donors (Lipinski definition) is 1. The second kappa shape index (κ2) is 6.02. The third-order valence-electron chi connectivity index (χ3n) is 3.89. The summed E-state index contributed by atoms with van der Waals surface area (Å²) in [7, 11) is 1.93. The van der Waals surface area contributed by atoms with E-state index in [2.05, 4.69) is 18.7 Å². The molecule has 2 unspecified atom stereocenters. The average Bonchev–Trinajstić information content (AvgIpc) is 2.25. The summed E-state index contributed by atoms with van der Waals surface area (Å²) in [4.78, 5) is 16.6. The van der Waals surface area contributed by atoms with Gasteiger partial charge in [0.05, 0.1) is 0 Å². The highest BCUT2D eigenvalue weighted by molar-refractivity contribution is 5.77. The van der Waals surface area contributed by atoms with Gasteiger partial charge < -0.3 is 15.5 Å². The smallest absolute Gasteiger partial charge is 0.224 e. The van der Waals surface area contributed by atoms with Crippen molar-refractivity contribution in [1.29, 1.82) is 0 Å². The van der Waals surface area contributed by atoms with Crippen molar-refractivity contribution >= 4 is 5.91 Å². The van der Waals surface area contributed by atoms with Crippen molar-refractivity contribution in [2.24, 2.45) is 11.7 Å². The van der Waals surface area contributed by atoms with Gasteiger partial charge in [0.2, 0.25) is 5.91 Å². The highest BCUT2D eigenvalue weighted by Crippen LogP contribution is 2.22. The van der Waals surface area contributed by atoms with E-state index in [-0.39, 0.29) is 5.91 Å². The largest absolute Gasteiger partial charge is 0.342 e. The minimum atomic E-state index is -0.418. The maximum atomic E-state index is 12.2. The van der Waals surface area contributed by atoms with Crippen molar-refractivity contribution in [2.45, 2.75) is 52.1 Å². The second-order valence-corrected chi connectivity index (χ2v) is 6.40. The Morgan fingerprint density at radius 2 is 2.11 bits per heavy atom. The molecular formula is C14H29N3O. The number of piperidine rings is 1. The molecule has 0 aromatic heterocycles. The van der Waals surface area contributed by atoms with Crippen molar-refractivity contribution in [3.05, 3.63) is 0 Å². The molecule has 0 saturated carbocycles. The van der Waals surface area contributed by atoms with Crippen LogP contribution in [-0.2, 0) is 4.79 Å². The van der Waals surface area contributed by atoms with Crippen molar-refractivity contribution in [2.75, 3.05) is 26.7 Å². The minimum Gasteiger partial charge on any atom is -0.342 e. The molecule has 0 spiro atoms. The predicted molar refractivity (Wildman–Crippen MR) is 75.3 cm³/mol. The highest BCUT2D eigenvalue weighted by Gasteiger charge is 2.31. The number of nitrogens with two attached hydrogens (primary N) is 1. The lowest BCUT2D eigenvalue weighted by Gasteiger charge is -2.41. The Kier molecular flexibility index (Phi) is 5.17. The van der Waals surface area contributed by atoms with Crippen molar-refractivity contribution in [3.63, 3.8) is 0 Å². The first-order valence-electron chi connectivity index (χ1n) is 7.01. The van der Waals surface area contributed by atoms with Gasteiger partial charge in [-0.05, 0) is 32.7 Å². The van der Waals surface area contributed by atoms with E-state index in [9.17, 15) is 4.79 Å². The predicted octanol–water partition coefficient (Wildman–Crippen LogP) is 1.30. The molecule has 1 fully saturated rings. The molecule has 2 atom stereocenters. The second-order valence-electron chi connectivity index (χ2n) is 6.40. The normalized spacial score (nSPS) is 26.1. The molecule has 1 heterocycles. The van der Waals surface area contributed by atoms with Gasteiger partial charge >= 0.3 is 0 Å². The lowest BCUT2D eigenvalue weighted by atomic mass is 9.91. The van der Waals surface area contributed by atoms with Crippen LogP contribution in [0.4, 0.5) is 0 Å². The van der Waals surface area contributed by atoms with Gasteiger partial charge in [-0.3, -0.25) is 4.79 Å². The Hall–Kier alpha value is -0.610. The van der Waals surface area contributed by atoms with Crippen LogP contribution >= 0.6 is 0 Å². The van der Waals surface area contributed by atoms with E-state index in [0.717, 1.165) is 26.1 Å². The molecule has 0 aliphatic carbocycles. The van der Waals surface area contributed by atoms with Gasteiger partial charge in [0, 0.05) is 38.1 Å². The number of likely N-dealkylation sites (tertiary alicyclic amines) is 1. The Morgan fingerprint density at radius 3 is 2.56 bits per heavy atom. The molecule has 0 aromatic rings. The van der Waals surface area contributed by atoms with Gasteiger partial charge in [0.25, 0.3) is 0 Å². The molecule has 1 saturated heterocycles. The first-order valence-corrected chi connectivity index (χ1v) is 7.01. The zero-order chi connectivity index (χ0) is 13.9. The summed E-state index contributed by atoms with van der Waals surface area (Å²) < 4.78 is 0. The Balaban J connectivity index is 2.56. The number of nitrogens with zero attached hydrogens (tertiary/aromatic N) is 2. The summed E-state index contributed by atoms with van der Waals surface area (Å²) in [6.45, 7) is 11.5. The van der Waals surface area contributed by atoms with E-state index in [1.54, 1.807) is 0 Å². The van der Waals surface area contributed by atoms with Gasteiger partial charge in [-0.2, -0.15) is 0 Å². The fraction of sp³-hybridized carbons (Fsp3) is 0.929. The zero-order valence-electron chi connectivity index (χ0n) is 12.6. The molecule has 1 amide bonds. The average molecular weight is 255 g/mol. The van der Waals surface area contributed by atoms with Gasteiger partial charge in [0.15, 0.2) is 0 Å². The van der Waals surface area contributed by atoms with Crippen LogP contribution in [0, 0.1) is 5.92 Å². The molecule has 2 N–H and O–H groups in total. The molecule has 1 aliphatic rings. The van der Waals surface area contributed by atoms with Crippen LogP contribution in [0.5, 0.6) is 0 Å². The van der Waals surface area contributed by atoms with Crippen LogP contribution in [-0.4, -0.2) is 54.0 Å². The fourth-order valence-corrected chi connectivity index (χ4v) is 2.78. The lowest BCUT2D eigenvalue weighted by molar-refractivity contribution is -0.135. The maximum absolute atomic E-state index is 12.2. The maximum Gasteiger partial charge on any atom is 0.224 e. The molecular weight excluding hydrogens is 226 g/mol. The molecule has 1 rings (SSSR count). The topological polar surface area (TPSA) is 49.6 Å². The molecule has 0 radical (unpaired) electrons. The summed E-state index contributed by atoms with van der Waals surface area (Å²) in [5, 5.41) is 0. The molecule has 106 valence electrons. The SMILES string of the molecule is CCN1CCC(N(C)C(=O)CC(C)(C)N)C(C)C1. The van der Waals surface area contributed by atoms with E-state index < -0.39 is 5.54 Å². The highest BCUT2D eigenvalue weighted by atomic mass is 16.2.